The molecule has 4 heterocycles. The smallest absolute Gasteiger partial charge is 0.224 e. The highest BCUT2D eigenvalue weighted by atomic mass is 35.5. The average Bonchev–Trinajstić information content (AvgIpc) is 3.12. The van der Waals surface area contributed by atoms with E-state index in [0.29, 0.717) is 13.2 Å². The Morgan fingerprint density at radius 1 is 1.28 bits per heavy atom. The van der Waals surface area contributed by atoms with Gasteiger partial charge in [-0.3, -0.25) is 5.84 Å². The number of anilines is 1. The maximum Gasteiger partial charge on any atom is 0.224 e. The molecule has 0 radical (unpaired) electrons. The average molecular weight is 405 g/mol. The summed E-state index contributed by atoms with van der Waals surface area (Å²) in [6.07, 6.45) is 1.77. The van der Waals surface area contributed by atoms with Crippen molar-refractivity contribution in [3.63, 3.8) is 0 Å². The molecule has 138 valence electrons. The number of hydrazine groups is 1. The molecule has 2 aromatic rings. The molecule has 7 nitrogen and oxygen atoms in total. The normalized spacial score (nSPS) is 24.7. The van der Waals surface area contributed by atoms with Gasteiger partial charge >= 0.3 is 0 Å². The number of hydrogen-bond donors (Lipinski definition) is 2. The van der Waals surface area contributed by atoms with Crippen molar-refractivity contribution < 1.29 is 4.74 Å². The predicted octanol–water partition coefficient (Wildman–Crippen LogP) is 1.42. The quantitative estimate of drug-likeness (QED) is 0.589. The molecule has 2 fully saturated rings. The fourth-order valence-electron chi connectivity index (χ4n) is 3.40. The van der Waals surface area contributed by atoms with Crippen molar-refractivity contribution in [1.29, 1.82) is 0 Å². The Bertz CT molecular complexity index is 728. The molecule has 2 unspecified atom stereocenters. The molecule has 25 heavy (non-hydrogen) atoms. The lowest BCUT2D eigenvalue weighted by Gasteiger charge is -2.28. The van der Waals surface area contributed by atoms with E-state index in [0.717, 1.165) is 48.5 Å². The van der Waals surface area contributed by atoms with Crippen LogP contribution in [0.5, 0.6) is 0 Å². The zero-order valence-electron chi connectivity index (χ0n) is 13.7. The summed E-state index contributed by atoms with van der Waals surface area (Å²) in [5.41, 5.74) is 7.09. The van der Waals surface area contributed by atoms with Crippen LogP contribution in [0, 0.1) is 0 Å². The third kappa shape index (κ3) is 3.85. The van der Waals surface area contributed by atoms with Crippen molar-refractivity contribution in [2.24, 2.45) is 11.6 Å². The number of fused-ring (bicyclic) bond motifs is 1. The summed E-state index contributed by atoms with van der Waals surface area (Å²) in [5.74, 6) is 6.98. The van der Waals surface area contributed by atoms with Gasteiger partial charge in [0.1, 0.15) is 0 Å². The number of thiophene rings is 1. The number of rotatable bonds is 3. The summed E-state index contributed by atoms with van der Waals surface area (Å²) in [4.78, 5) is 12.3. The van der Waals surface area contributed by atoms with E-state index >= 15 is 0 Å². The topological polar surface area (TPSA) is 93.5 Å². The number of halogens is 2. The zero-order valence-corrected chi connectivity index (χ0v) is 16.1. The summed E-state index contributed by atoms with van der Waals surface area (Å²) in [5, 5.41) is 2.14. The summed E-state index contributed by atoms with van der Waals surface area (Å²) in [6.45, 7) is 3.90. The van der Waals surface area contributed by atoms with Crippen molar-refractivity contribution in [2.45, 2.75) is 24.9 Å². The van der Waals surface area contributed by atoms with E-state index in [1.165, 1.54) is 4.88 Å². The van der Waals surface area contributed by atoms with Gasteiger partial charge in [0, 0.05) is 43.0 Å². The lowest BCUT2D eigenvalue weighted by molar-refractivity contribution is 0.122. The monoisotopic (exact) mass is 404 g/mol. The molecular weight excluding hydrogens is 383 g/mol. The lowest BCUT2D eigenvalue weighted by atomic mass is 10.1. The Labute approximate surface area is 161 Å². The van der Waals surface area contributed by atoms with Crippen LogP contribution >= 0.6 is 35.3 Å². The second kappa shape index (κ2) is 7.87. The molecule has 0 amide bonds. The maximum atomic E-state index is 6.19. The van der Waals surface area contributed by atoms with Gasteiger partial charge in [0.15, 0.2) is 5.82 Å². The number of morpholine rings is 1. The summed E-state index contributed by atoms with van der Waals surface area (Å²) >= 11 is 7.86. The third-order valence-corrected chi connectivity index (χ3v) is 6.05. The summed E-state index contributed by atoms with van der Waals surface area (Å²) in [6, 6.07) is 2.39. The molecule has 0 aromatic carbocycles. The van der Waals surface area contributed by atoms with Crippen molar-refractivity contribution in [3.8, 4) is 0 Å². The fraction of sp³-hybridized carbons (Fsp3) is 0.600. The Kier molecular flexibility index (Phi) is 5.99. The fourth-order valence-corrected chi connectivity index (χ4v) is 4.74. The van der Waals surface area contributed by atoms with Crippen LogP contribution in [0.3, 0.4) is 0 Å². The molecular formula is C15H22Cl2N6OS. The van der Waals surface area contributed by atoms with E-state index in [1.54, 1.807) is 11.3 Å². The van der Waals surface area contributed by atoms with Crippen LogP contribution in [0.2, 0.25) is 5.28 Å². The number of nitrogens with two attached hydrogens (primary N) is 2. The van der Waals surface area contributed by atoms with E-state index in [2.05, 4.69) is 20.9 Å². The van der Waals surface area contributed by atoms with Gasteiger partial charge < -0.3 is 15.4 Å². The van der Waals surface area contributed by atoms with Crippen LogP contribution in [0.15, 0.2) is 6.07 Å². The van der Waals surface area contributed by atoms with Crippen LogP contribution in [0.25, 0.3) is 10.2 Å². The predicted molar refractivity (Wildman–Crippen MR) is 104 cm³/mol. The van der Waals surface area contributed by atoms with Gasteiger partial charge in [0.25, 0.3) is 0 Å². The minimum absolute atomic E-state index is 0. The van der Waals surface area contributed by atoms with Gasteiger partial charge in [-0.2, -0.15) is 4.98 Å². The van der Waals surface area contributed by atoms with E-state index in [1.807, 2.05) is 5.01 Å². The molecule has 2 saturated heterocycles. The van der Waals surface area contributed by atoms with E-state index < -0.39 is 0 Å². The van der Waals surface area contributed by atoms with Crippen LogP contribution in [0.1, 0.15) is 11.3 Å². The molecule has 2 aliphatic rings. The summed E-state index contributed by atoms with van der Waals surface area (Å²) in [7, 11) is 0. The Balaban J connectivity index is 0.00000182. The first-order chi connectivity index (χ1) is 11.6. The molecule has 10 heteroatoms. The molecule has 2 aromatic heterocycles. The highest BCUT2D eigenvalue weighted by Crippen LogP contribution is 2.34. The van der Waals surface area contributed by atoms with E-state index in [4.69, 9.17) is 27.9 Å². The first kappa shape index (κ1) is 19.0. The van der Waals surface area contributed by atoms with Gasteiger partial charge in [-0.05, 0) is 24.1 Å². The van der Waals surface area contributed by atoms with Crippen molar-refractivity contribution in [2.75, 3.05) is 37.7 Å². The molecule has 0 aliphatic carbocycles. The number of ether oxygens (including phenoxy) is 1. The first-order valence-corrected chi connectivity index (χ1v) is 9.37. The molecule has 2 atom stereocenters. The van der Waals surface area contributed by atoms with E-state index in [9.17, 15) is 0 Å². The van der Waals surface area contributed by atoms with Crippen LogP contribution in [0.4, 0.5) is 5.82 Å². The minimum atomic E-state index is 0. The second-order valence-corrected chi connectivity index (χ2v) is 7.78. The number of aromatic nitrogens is 2. The number of nitrogens with zero attached hydrogens (tertiary/aromatic N) is 4. The van der Waals surface area contributed by atoms with Crippen molar-refractivity contribution in [3.05, 3.63) is 16.2 Å². The highest BCUT2D eigenvalue weighted by molar-refractivity contribution is 7.19. The van der Waals surface area contributed by atoms with Gasteiger partial charge in [-0.25, -0.2) is 9.99 Å². The highest BCUT2D eigenvalue weighted by Gasteiger charge is 2.30. The number of hydrogen-bond acceptors (Lipinski definition) is 8. The largest absolute Gasteiger partial charge is 0.378 e. The lowest BCUT2D eigenvalue weighted by Crippen LogP contribution is -2.44. The molecule has 4 N–H and O–H groups in total. The standard InChI is InChI=1S/C15H21ClN6OS.ClH/c16-15-19-11-7-9(8-12-10(17)1-2-22(12)18)24-13(11)14(20-15)21-3-5-23-6-4-21;/h7,10,12H,1-6,8,17-18H2;1H. The first-order valence-electron chi connectivity index (χ1n) is 8.17. The zero-order chi connectivity index (χ0) is 16.7. The summed E-state index contributed by atoms with van der Waals surface area (Å²) < 4.78 is 6.51. The van der Waals surface area contributed by atoms with Crippen molar-refractivity contribution >= 4 is 51.4 Å². The Morgan fingerprint density at radius 3 is 2.72 bits per heavy atom. The van der Waals surface area contributed by atoms with Gasteiger partial charge in [-0.1, -0.05) is 0 Å². The molecule has 0 spiro atoms. The molecule has 0 saturated carbocycles. The second-order valence-electron chi connectivity index (χ2n) is 6.30. The van der Waals surface area contributed by atoms with Crippen LogP contribution < -0.4 is 16.5 Å². The van der Waals surface area contributed by atoms with Gasteiger partial charge in [0.2, 0.25) is 5.28 Å². The molecule has 2 aliphatic heterocycles. The maximum absolute atomic E-state index is 6.19. The Hall–Kier alpha value is -0.740. The SMILES string of the molecule is Cl.NC1CCN(N)C1Cc1cc2nc(Cl)nc(N3CCOCC3)c2s1. The third-order valence-electron chi connectivity index (χ3n) is 4.74. The Morgan fingerprint density at radius 2 is 2.04 bits per heavy atom. The van der Waals surface area contributed by atoms with Crippen LogP contribution in [-0.2, 0) is 11.2 Å². The van der Waals surface area contributed by atoms with Gasteiger partial charge in [-0.15, -0.1) is 23.7 Å². The minimum Gasteiger partial charge on any atom is -0.378 e. The van der Waals surface area contributed by atoms with Crippen molar-refractivity contribution in [1.82, 2.24) is 15.0 Å². The van der Waals surface area contributed by atoms with E-state index in [-0.39, 0.29) is 29.8 Å². The van der Waals surface area contributed by atoms with Crippen LogP contribution in [-0.4, -0.2) is 59.9 Å². The van der Waals surface area contributed by atoms with Gasteiger partial charge in [0.05, 0.1) is 23.4 Å². The molecule has 4 rings (SSSR count). The molecule has 0 bridgehead atoms.